The minimum Gasteiger partial charge on any atom is -0.480 e. The van der Waals surface area contributed by atoms with Crippen molar-refractivity contribution in [3.63, 3.8) is 0 Å². The maximum Gasteiger partial charge on any atom is 0.320 e. The Bertz CT molecular complexity index is 282. The van der Waals surface area contributed by atoms with Crippen LogP contribution in [0.3, 0.4) is 0 Å². The fourth-order valence-electron chi connectivity index (χ4n) is 0.820. The van der Waals surface area contributed by atoms with Crippen molar-refractivity contribution in [1.82, 2.24) is 4.98 Å². The van der Waals surface area contributed by atoms with Crippen molar-refractivity contribution in [2.24, 2.45) is 5.73 Å². The molecule has 5 nitrogen and oxygen atoms in total. The topological polar surface area (TPSA) is 89.4 Å². The van der Waals surface area contributed by atoms with Gasteiger partial charge in [0.25, 0.3) is 0 Å². The highest BCUT2D eigenvalue weighted by atomic mass is 16.4. The zero-order chi connectivity index (χ0) is 9.14. The summed E-state index contributed by atoms with van der Waals surface area (Å²) in [5.74, 6) is -0.413. The van der Waals surface area contributed by atoms with E-state index in [0.29, 0.717) is 11.5 Å². The van der Waals surface area contributed by atoms with Gasteiger partial charge < -0.3 is 15.3 Å². The van der Waals surface area contributed by atoms with Gasteiger partial charge in [0.1, 0.15) is 11.8 Å². The molecule has 1 rings (SSSR count). The van der Waals surface area contributed by atoms with E-state index in [1.165, 1.54) is 6.39 Å². The minimum atomic E-state index is -1.03. The fraction of sp³-hybridized carbons (Fsp3) is 0.429. The van der Waals surface area contributed by atoms with Crippen LogP contribution in [0, 0.1) is 6.92 Å². The summed E-state index contributed by atoms with van der Waals surface area (Å²) in [7, 11) is 0. The standard InChI is InChI=1S/C7H10N2O3/c1-4-6(9-3-12-4)2-5(8)7(10)11/h3,5H,2,8H2,1H3,(H,10,11). The molecule has 0 amide bonds. The highest BCUT2D eigenvalue weighted by molar-refractivity contribution is 5.73. The number of carboxylic acids is 1. The molecule has 5 heteroatoms. The smallest absolute Gasteiger partial charge is 0.320 e. The monoisotopic (exact) mass is 170 g/mol. The van der Waals surface area contributed by atoms with Crippen LogP contribution in [0.5, 0.6) is 0 Å². The second kappa shape index (κ2) is 3.36. The number of aromatic nitrogens is 1. The van der Waals surface area contributed by atoms with Gasteiger partial charge in [-0.3, -0.25) is 4.79 Å². The number of hydrogen-bond donors (Lipinski definition) is 2. The number of hydrogen-bond acceptors (Lipinski definition) is 4. The molecule has 0 radical (unpaired) electrons. The number of carbonyl (C=O) groups is 1. The summed E-state index contributed by atoms with van der Waals surface area (Å²) in [6.07, 6.45) is 1.48. The van der Waals surface area contributed by atoms with E-state index in [9.17, 15) is 4.79 Å². The number of nitrogens with zero attached hydrogens (tertiary/aromatic N) is 1. The molecule has 3 N–H and O–H groups in total. The first-order valence-electron chi connectivity index (χ1n) is 3.48. The zero-order valence-electron chi connectivity index (χ0n) is 6.65. The van der Waals surface area contributed by atoms with Crippen LogP contribution in [0.4, 0.5) is 0 Å². The van der Waals surface area contributed by atoms with Crippen LogP contribution < -0.4 is 5.73 Å². The van der Waals surface area contributed by atoms with Crippen LogP contribution >= 0.6 is 0 Å². The number of nitrogens with two attached hydrogens (primary N) is 1. The lowest BCUT2D eigenvalue weighted by Gasteiger charge is -2.02. The molecule has 12 heavy (non-hydrogen) atoms. The van der Waals surface area contributed by atoms with Crippen molar-refractivity contribution >= 4 is 5.97 Å². The van der Waals surface area contributed by atoms with Crippen molar-refractivity contribution < 1.29 is 14.3 Å². The summed E-state index contributed by atoms with van der Waals surface area (Å²) in [6.45, 7) is 1.72. The highest BCUT2D eigenvalue weighted by Gasteiger charge is 2.15. The number of rotatable bonds is 3. The van der Waals surface area contributed by atoms with Gasteiger partial charge in [0.15, 0.2) is 6.39 Å². The normalized spacial score (nSPS) is 12.8. The summed E-state index contributed by atoms with van der Waals surface area (Å²) in [5.41, 5.74) is 5.90. The van der Waals surface area contributed by atoms with Crippen LogP contribution in [0.1, 0.15) is 11.5 Å². The van der Waals surface area contributed by atoms with Gasteiger partial charge in [0.2, 0.25) is 0 Å². The number of carboxylic acid groups (broad SMARTS) is 1. The largest absolute Gasteiger partial charge is 0.480 e. The summed E-state index contributed by atoms with van der Waals surface area (Å²) >= 11 is 0. The van der Waals surface area contributed by atoms with E-state index >= 15 is 0 Å². The van der Waals surface area contributed by atoms with E-state index in [-0.39, 0.29) is 6.42 Å². The first-order chi connectivity index (χ1) is 5.61. The molecule has 0 aliphatic rings. The summed E-state index contributed by atoms with van der Waals surface area (Å²) in [4.78, 5) is 14.2. The number of aryl methyl sites for hydroxylation is 1. The third kappa shape index (κ3) is 1.82. The molecule has 66 valence electrons. The van der Waals surface area contributed by atoms with Gasteiger partial charge in [0, 0.05) is 6.42 Å². The van der Waals surface area contributed by atoms with Crippen LogP contribution in [-0.4, -0.2) is 22.1 Å². The van der Waals surface area contributed by atoms with E-state index < -0.39 is 12.0 Å². The molecule has 1 aromatic heterocycles. The van der Waals surface area contributed by atoms with Gasteiger partial charge in [-0.1, -0.05) is 0 Å². The molecule has 1 atom stereocenters. The van der Waals surface area contributed by atoms with Gasteiger partial charge >= 0.3 is 5.97 Å². The lowest BCUT2D eigenvalue weighted by atomic mass is 10.1. The Morgan fingerprint density at radius 1 is 1.92 bits per heavy atom. The van der Waals surface area contributed by atoms with E-state index in [2.05, 4.69) is 4.98 Å². The molecule has 0 spiro atoms. The molecule has 0 bridgehead atoms. The van der Waals surface area contributed by atoms with E-state index in [4.69, 9.17) is 15.3 Å². The predicted octanol–water partition coefficient (Wildman–Crippen LogP) is -0.0626. The molecule has 1 aromatic rings. The van der Waals surface area contributed by atoms with Gasteiger partial charge in [0.05, 0.1) is 5.69 Å². The Morgan fingerprint density at radius 2 is 2.58 bits per heavy atom. The predicted molar refractivity (Wildman–Crippen MR) is 40.6 cm³/mol. The lowest BCUT2D eigenvalue weighted by molar-refractivity contribution is -0.138. The summed E-state index contributed by atoms with van der Waals surface area (Å²) < 4.78 is 4.89. The molecule has 0 aliphatic carbocycles. The van der Waals surface area contributed by atoms with Crippen LogP contribution in [0.2, 0.25) is 0 Å². The molecule has 0 saturated heterocycles. The summed E-state index contributed by atoms with van der Waals surface area (Å²) in [5, 5.41) is 8.49. The molecule has 0 aromatic carbocycles. The van der Waals surface area contributed by atoms with E-state index in [1.807, 2.05) is 0 Å². The second-order valence-corrected chi connectivity index (χ2v) is 2.50. The van der Waals surface area contributed by atoms with Gasteiger partial charge in [-0.15, -0.1) is 0 Å². The fourth-order valence-corrected chi connectivity index (χ4v) is 0.820. The molecule has 0 aliphatic heterocycles. The van der Waals surface area contributed by atoms with Crippen molar-refractivity contribution in [2.75, 3.05) is 0 Å². The Hall–Kier alpha value is -1.36. The molecular weight excluding hydrogens is 160 g/mol. The molecule has 1 unspecified atom stereocenters. The van der Waals surface area contributed by atoms with Crippen molar-refractivity contribution in [2.45, 2.75) is 19.4 Å². The van der Waals surface area contributed by atoms with E-state index in [0.717, 1.165) is 0 Å². The quantitative estimate of drug-likeness (QED) is 0.663. The zero-order valence-corrected chi connectivity index (χ0v) is 6.65. The van der Waals surface area contributed by atoms with Crippen LogP contribution in [0.25, 0.3) is 0 Å². The van der Waals surface area contributed by atoms with Gasteiger partial charge in [-0.2, -0.15) is 0 Å². The minimum absolute atomic E-state index is 0.206. The van der Waals surface area contributed by atoms with Crippen LogP contribution in [0.15, 0.2) is 10.8 Å². The highest BCUT2D eigenvalue weighted by Crippen LogP contribution is 2.06. The summed E-state index contributed by atoms with van der Waals surface area (Å²) in [6, 6.07) is -0.909. The van der Waals surface area contributed by atoms with E-state index in [1.54, 1.807) is 6.92 Å². The SMILES string of the molecule is Cc1ocnc1CC(N)C(=O)O. The molecular formula is C7H10N2O3. The second-order valence-electron chi connectivity index (χ2n) is 2.50. The van der Waals surface area contributed by atoms with Gasteiger partial charge in [-0.25, -0.2) is 4.98 Å². The first-order valence-corrected chi connectivity index (χ1v) is 3.48. The first kappa shape index (κ1) is 8.73. The molecule has 0 fully saturated rings. The van der Waals surface area contributed by atoms with Crippen molar-refractivity contribution in [3.8, 4) is 0 Å². The number of aliphatic carboxylic acids is 1. The number of oxazole rings is 1. The average molecular weight is 170 g/mol. The Labute approximate surface area is 69.2 Å². The molecule has 1 heterocycles. The van der Waals surface area contributed by atoms with Crippen molar-refractivity contribution in [1.29, 1.82) is 0 Å². The third-order valence-corrected chi connectivity index (χ3v) is 1.57. The van der Waals surface area contributed by atoms with Crippen molar-refractivity contribution in [3.05, 3.63) is 17.8 Å². The maximum atomic E-state index is 10.4. The van der Waals surface area contributed by atoms with Crippen LogP contribution in [-0.2, 0) is 11.2 Å². The third-order valence-electron chi connectivity index (χ3n) is 1.57. The maximum absolute atomic E-state index is 10.4. The van der Waals surface area contributed by atoms with Gasteiger partial charge in [-0.05, 0) is 6.92 Å². The Kier molecular flexibility index (Phi) is 2.44. The Morgan fingerprint density at radius 3 is 3.00 bits per heavy atom. The molecule has 0 saturated carbocycles. The average Bonchev–Trinajstić information content (AvgIpc) is 2.36. The lowest BCUT2D eigenvalue weighted by Crippen LogP contribution is -2.32. The Balaban J connectivity index is 2.64.